The van der Waals surface area contributed by atoms with E-state index < -0.39 is 0 Å². The molecule has 1 heterocycles. The molecule has 0 radical (unpaired) electrons. The molecule has 2 fully saturated rings. The maximum Gasteiger partial charge on any atom is 0.222 e. The molecule has 0 spiro atoms. The van der Waals surface area contributed by atoms with Gasteiger partial charge in [-0.3, -0.25) is 9.69 Å². The van der Waals surface area contributed by atoms with E-state index in [2.05, 4.69) is 36.1 Å². The van der Waals surface area contributed by atoms with E-state index in [1.165, 1.54) is 48.3 Å². The van der Waals surface area contributed by atoms with E-state index in [0.29, 0.717) is 5.91 Å². The fourth-order valence-corrected chi connectivity index (χ4v) is 4.23. The molecule has 0 bridgehead atoms. The third kappa shape index (κ3) is 4.97. The Morgan fingerprint density at radius 1 is 1.12 bits per heavy atom. The summed E-state index contributed by atoms with van der Waals surface area (Å²) in [6.07, 6.45) is 8.72. The first-order valence-electron chi connectivity index (χ1n) is 9.42. The van der Waals surface area contributed by atoms with Gasteiger partial charge in [-0.15, -0.1) is 0 Å². The Balaban J connectivity index is 0.00000208. The third-order valence-electron chi connectivity index (χ3n) is 5.74. The van der Waals surface area contributed by atoms with Gasteiger partial charge >= 0.3 is 0 Å². The first-order valence-corrected chi connectivity index (χ1v) is 9.42. The molecule has 0 atom stereocenters. The Morgan fingerprint density at radius 2 is 1.79 bits per heavy atom. The maximum atomic E-state index is 12.5. The third-order valence-corrected chi connectivity index (χ3v) is 5.74. The lowest BCUT2D eigenvalue weighted by Crippen LogP contribution is -3.10. The molecule has 1 aliphatic carbocycles. The van der Waals surface area contributed by atoms with Crippen LogP contribution in [0.2, 0.25) is 0 Å². The van der Waals surface area contributed by atoms with Crippen molar-refractivity contribution in [1.82, 2.24) is 4.90 Å². The van der Waals surface area contributed by atoms with Crippen molar-refractivity contribution in [1.29, 1.82) is 0 Å². The average molecular weight is 351 g/mol. The quantitative estimate of drug-likeness (QED) is 0.793. The van der Waals surface area contributed by atoms with Gasteiger partial charge in [0.1, 0.15) is 5.69 Å². The van der Waals surface area contributed by atoms with E-state index in [4.69, 9.17) is 0 Å². The number of aryl methyl sites for hydroxylation is 1. The summed E-state index contributed by atoms with van der Waals surface area (Å²) < 4.78 is 0. The Bertz CT molecular complexity index is 520. The zero-order chi connectivity index (χ0) is 16.1. The largest absolute Gasteiger partial charge is 1.00 e. The lowest BCUT2D eigenvalue weighted by Gasteiger charge is -2.33. The smallest absolute Gasteiger partial charge is 0.222 e. The lowest BCUT2D eigenvalue weighted by molar-refractivity contribution is -0.837. The molecule has 1 aliphatic heterocycles. The van der Waals surface area contributed by atoms with Crippen LogP contribution in [0.4, 0.5) is 5.69 Å². The Kier molecular flexibility index (Phi) is 7.57. The molecule has 3 rings (SSSR count). The fraction of sp³-hybridized carbons (Fsp3) is 0.650. The van der Waals surface area contributed by atoms with E-state index >= 15 is 0 Å². The minimum absolute atomic E-state index is 0. The van der Waals surface area contributed by atoms with Crippen LogP contribution < -0.4 is 17.3 Å². The van der Waals surface area contributed by atoms with Crippen molar-refractivity contribution in [3.05, 3.63) is 29.8 Å². The lowest BCUT2D eigenvalue weighted by atomic mass is 9.86. The van der Waals surface area contributed by atoms with Gasteiger partial charge in [0.2, 0.25) is 5.91 Å². The van der Waals surface area contributed by atoms with Gasteiger partial charge in [0.25, 0.3) is 0 Å². The predicted octanol–water partition coefficient (Wildman–Crippen LogP) is -0.282. The number of hydrogen-bond donors (Lipinski definition) is 1. The molecule has 0 aromatic heterocycles. The molecule has 1 amide bonds. The Labute approximate surface area is 152 Å². The molecule has 3 nitrogen and oxygen atoms in total. The van der Waals surface area contributed by atoms with E-state index in [-0.39, 0.29) is 12.4 Å². The van der Waals surface area contributed by atoms with Gasteiger partial charge < -0.3 is 17.3 Å². The van der Waals surface area contributed by atoms with Crippen LogP contribution >= 0.6 is 0 Å². The molecular weight excluding hydrogens is 320 g/mol. The molecule has 2 aliphatic rings. The van der Waals surface area contributed by atoms with Crippen molar-refractivity contribution in [3.8, 4) is 0 Å². The second-order valence-corrected chi connectivity index (χ2v) is 7.34. The summed E-state index contributed by atoms with van der Waals surface area (Å²) in [5.74, 6) is 1.20. The molecule has 1 saturated carbocycles. The highest BCUT2D eigenvalue weighted by Crippen LogP contribution is 2.27. The maximum absolute atomic E-state index is 12.5. The van der Waals surface area contributed by atoms with E-state index in [0.717, 1.165) is 44.9 Å². The number of quaternary nitrogens is 1. The summed E-state index contributed by atoms with van der Waals surface area (Å²) in [7, 11) is 0. The van der Waals surface area contributed by atoms with Crippen LogP contribution in [0, 0.1) is 12.8 Å². The molecular formula is C20H31ClN2O. The summed E-state index contributed by atoms with van der Waals surface area (Å²) in [4.78, 5) is 16.1. The number of rotatable bonds is 4. The van der Waals surface area contributed by atoms with E-state index in [9.17, 15) is 4.79 Å². The second kappa shape index (κ2) is 9.43. The summed E-state index contributed by atoms with van der Waals surface area (Å²) in [6, 6.07) is 8.63. The second-order valence-electron chi connectivity index (χ2n) is 7.34. The van der Waals surface area contributed by atoms with Crippen LogP contribution in [0.25, 0.3) is 0 Å². The normalized spacial score (nSPS) is 19.8. The standard InChI is InChI=1S/C20H30N2O.ClH/c1-17-7-5-6-10-19(17)21-13-15-22(16-14-21)20(23)12-11-18-8-3-2-4-9-18;/h5-7,10,18H,2-4,8-9,11-16H2,1H3;1H. The van der Waals surface area contributed by atoms with Gasteiger partial charge in [-0.1, -0.05) is 50.3 Å². The predicted molar refractivity (Wildman–Crippen MR) is 93.9 cm³/mol. The number of piperazine rings is 1. The molecule has 134 valence electrons. The van der Waals surface area contributed by atoms with E-state index in [1.807, 2.05) is 0 Å². The van der Waals surface area contributed by atoms with Crippen molar-refractivity contribution in [2.45, 2.75) is 51.9 Å². The summed E-state index contributed by atoms with van der Waals surface area (Å²) in [5.41, 5.74) is 2.77. The summed E-state index contributed by atoms with van der Waals surface area (Å²) in [5, 5.41) is 0. The van der Waals surface area contributed by atoms with Crippen molar-refractivity contribution in [2.75, 3.05) is 26.2 Å². The Hall–Kier alpha value is -1.06. The molecule has 1 aromatic rings. The van der Waals surface area contributed by atoms with Gasteiger partial charge in [0.15, 0.2) is 0 Å². The topological polar surface area (TPSA) is 24.8 Å². The summed E-state index contributed by atoms with van der Waals surface area (Å²) >= 11 is 0. The number of nitrogens with zero attached hydrogens (tertiary/aromatic N) is 1. The van der Waals surface area contributed by atoms with Crippen LogP contribution in [-0.2, 0) is 4.79 Å². The first-order chi connectivity index (χ1) is 11.2. The Morgan fingerprint density at radius 3 is 2.46 bits per heavy atom. The number of para-hydroxylation sites is 1. The van der Waals surface area contributed by atoms with Crippen molar-refractivity contribution in [3.63, 3.8) is 0 Å². The molecule has 4 heteroatoms. The highest BCUT2D eigenvalue weighted by Gasteiger charge is 2.26. The zero-order valence-electron chi connectivity index (χ0n) is 14.9. The molecule has 1 aromatic carbocycles. The minimum Gasteiger partial charge on any atom is -1.00 e. The van der Waals surface area contributed by atoms with Gasteiger partial charge in [0.05, 0.1) is 26.2 Å². The molecule has 0 unspecified atom stereocenters. The number of carbonyl (C=O) groups is 1. The zero-order valence-corrected chi connectivity index (χ0v) is 15.7. The number of halogens is 1. The first kappa shape index (κ1) is 19.3. The van der Waals surface area contributed by atoms with Gasteiger partial charge in [0, 0.05) is 12.0 Å². The highest BCUT2D eigenvalue weighted by atomic mass is 35.5. The monoisotopic (exact) mass is 350 g/mol. The van der Waals surface area contributed by atoms with E-state index in [1.54, 1.807) is 0 Å². The SMILES string of the molecule is Cc1ccccc1[NH+]1CCN(C(=O)CCC2CCCCC2)CC1.[Cl-]. The van der Waals surface area contributed by atoms with Gasteiger partial charge in [-0.05, 0) is 25.3 Å². The highest BCUT2D eigenvalue weighted by molar-refractivity contribution is 5.76. The van der Waals surface area contributed by atoms with Crippen LogP contribution in [0.1, 0.15) is 50.5 Å². The number of benzene rings is 1. The minimum atomic E-state index is 0. The van der Waals surface area contributed by atoms with Crippen molar-refractivity contribution >= 4 is 11.6 Å². The van der Waals surface area contributed by atoms with Crippen LogP contribution in [0.15, 0.2) is 24.3 Å². The number of hydrogen-bond acceptors (Lipinski definition) is 1. The van der Waals surface area contributed by atoms with Crippen molar-refractivity contribution in [2.24, 2.45) is 5.92 Å². The number of amides is 1. The molecule has 1 N–H and O–H groups in total. The molecule has 24 heavy (non-hydrogen) atoms. The number of nitrogens with one attached hydrogen (secondary N) is 1. The van der Waals surface area contributed by atoms with Crippen molar-refractivity contribution < 1.29 is 22.1 Å². The average Bonchev–Trinajstić information content (AvgIpc) is 2.61. The van der Waals surface area contributed by atoms with Crippen LogP contribution in [0.3, 0.4) is 0 Å². The van der Waals surface area contributed by atoms with Gasteiger partial charge in [-0.25, -0.2) is 0 Å². The van der Waals surface area contributed by atoms with Gasteiger partial charge in [-0.2, -0.15) is 0 Å². The fourth-order valence-electron chi connectivity index (χ4n) is 4.23. The summed E-state index contributed by atoms with van der Waals surface area (Å²) in [6.45, 7) is 6.09. The van der Waals surface area contributed by atoms with Crippen LogP contribution in [-0.4, -0.2) is 37.0 Å². The molecule has 1 saturated heterocycles. The number of carbonyl (C=O) groups excluding carboxylic acids is 1. The van der Waals surface area contributed by atoms with Crippen LogP contribution in [0.5, 0.6) is 0 Å².